The summed E-state index contributed by atoms with van der Waals surface area (Å²) in [6.07, 6.45) is 0. The lowest BCUT2D eigenvalue weighted by Crippen LogP contribution is -2.17. The summed E-state index contributed by atoms with van der Waals surface area (Å²) in [6.45, 7) is 0. The zero-order valence-corrected chi connectivity index (χ0v) is 13.2. The Kier molecular flexibility index (Phi) is 3.87. The van der Waals surface area contributed by atoms with Crippen LogP contribution in [0.4, 0.5) is 10.1 Å². The molecule has 0 aliphatic heterocycles. The number of fused-ring (bicyclic) bond motifs is 1. The zero-order chi connectivity index (χ0) is 16.6. The van der Waals surface area contributed by atoms with Crippen molar-refractivity contribution < 1.29 is 18.4 Å². The number of primary amides is 1. The number of carbonyl (C=O) groups excluding carboxylic acids is 2. The molecule has 1 heterocycles. The molecule has 7 heteroatoms. The molecule has 3 rings (SSSR count). The molecule has 3 N–H and O–H groups in total. The molecule has 0 atom stereocenters. The third-order valence-corrected chi connectivity index (χ3v) is 3.69. The van der Waals surface area contributed by atoms with E-state index in [-0.39, 0.29) is 22.4 Å². The van der Waals surface area contributed by atoms with Gasteiger partial charge >= 0.3 is 0 Å². The van der Waals surface area contributed by atoms with Crippen LogP contribution in [-0.2, 0) is 0 Å². The van der Waals surface area contributed by atoms with E-state index in [0.717, 1.165) is 4.47 Å². The number of amides is 2. The van der Waals surface area contributed by atoms with E-state index in [1.807, 2.05) is 0 Å². The molecule has 2 amide bonds. The first-order valence-corrected chi connectivity index (χ1v) is 7.34. The molecule has 0 spiro atoms. The van der Waals surface area contributed by atoms with Crippen molar-refractivity contribution in [3.05, 3.63) is 64.1 Å². The first kappa shape index (κ1) is 15.2. The quantitative estimate of drug-likeness (QED) is 0.730. The lowest BCUT2D eigenvalue weighted by Gasteiger charge is -2.05. The second-order valence-electron chi connectivity index (χ2n) is 4.78. The van der Waals surface area contributed by atoms with Crippen LogP contribution >= 0.6 is 15.9 Å². The Bertz CT molecular complexity index is 936. The number of rotatable bonds is 3. The van der Waals surface area contributed by atoms with Crippen LogP contribution in [0.15, 0.2) is 51.4 Å². The highest BCUT2D eigenvalue weighted by molar-refractivity contribution is 9.10. The smallest absolute Gasteiger partial charge is 0.286 e. The fourth-order valence-corrected chi connectivity index (χ4v) is 2.58. The molecule has 0 radical (unpaired) electrons. The summed E-state index contributed by atoms with van der Waals surface area (Å²) >= 11 is 3.27. The van der Waals surface area contributed by atoms with Crippen LogP contribution in [0, 0.1) is 5.82 Å². The van der Waals surface area contributed by atoms with Crippen molar-refractivity contribution in [3.63, 3.8) is 0 Å². The number of anilines is 1. The van der Waals surface area contributed by atoms with Gasteiger partial charge in [0.05, 0.1) is 0 Å². The number of hydrogen-bond donors (Lipinski definition) is 2. The standard InChI is InChI=1S/C16H10BrFN2O3/c17-9-3-1-2-8(6-9)16(22)20-13-11-7-10(18)4-5-12(11)23-14(13)15(19)21/h1-7H,(H2,19,21)(H,20,22). The number of halogens is 2. The number of benzene rings is 2. The first-order valence-electron chi connectivity index (χ1n) is 6.54. The topological polar surface area (TPSA) is 85.3 Å². The molecular formula is C16H10BrFN2O3. The number of furan rings is 1. The minimum Gasteiger partial charge on any atom is -0.449 e. The van der Waals surface area contributed by atoms with Crippen molar-refractivity contribution in [3.8, 4) is 0 Å². The minimum atomic E-state index is -0.855. The fourth-order valence-electron chi connectivity index (χ4n) is 2.18. The Morgan fingerprint density at radius 1 is 1.17 bits per heavy atom. The van der Waals surface area contributed by atoms with Crippen LogP contribution in [0.25, 0.3) is 11.0 Å². The molecule has 0 aliphatic rings. The van der Waals surface area contributed by atoms with Gasteiger partial charge in [-0.05, 0) is 36.4 Å². The van der Waals surface area contributed by atoms with Crippen molar-refractivity contribution in [1.82, 2.24) is 0 Å². The summed E-state index contributed by atoms with van der Waals surface area (Å²) in [7, 11) is 0. The van der Waals surface area contributed by atoms with Crippen LogP contribution in [0.1, 0.15) is 20.9 Å². The Labute approximate surface area is 138 Å². The maximum atomic E-state index is 13.5. The maximum Gasteiger partial charge on any atom is 0.286 e. The molecule has 23 heavy (non-hydrogen) atoms. The summed E-state index contributed by atoms with van der Waals surface area (Å²) in [4.78, 5) is 23.9. The van der Waals surface area contributed by atoms with Crippen LogP contribution in [0.2, 0.25) is 0 Å². The van der Waals surface area contributed by atoms with E-state index in [2.05, 4.69) is 21.2 Å². The molecule has 5 nitrogen and oxygen atoms in total. The van der Waals surface area contributed by atoms with Gasteiger partial charge in [-0.15, -0.1) is 0 Å². The summed E-state index contributed by atoms with van der Waals surface area (Å²) in [5.74, 6) is -2.08. The second kappa shape index (κ2) is 5.85. The van der Waals surface area contributed by atoms with E-state index in [9.17, 15) is 14.0 Å². The average Bonchev–Trinajstić information content (AvgIpc) is 2.85. The van der Waals surface area contributed by atoms with Crippen LogP contribution in [0.5, 0.6) is 0 Å². The molecule has 0 saturated heterocycles. The van der Waals surface area contributed by atoms with E-state index in [1.54, 1.807) is 24.3 Å². The Morgan fingerprint density at radius 3 is 2.65 bits per heavy atom. The van der Waals surface area contributed by atoms with Gasteiger partial charge in [-0.25, -0.2) is 4.39 Å². The third-order valence-electron chi connectivity index (χ3n) is 3.20. The van der Waals surface area contributed by atoms with Crippen molar-refractivity contribution in [2.45, 2.75) is 0 Å². The monoisotopic (exact) mass is 376 g/mol. The molecule has 1 aromatic heterocycles. The van der Waals surface area contributed by atoms with Gasteiger partial charge in [0.1, 0.15) is 17.1 Å². The van der Waals surface area contributed by atoms with Gasteiger partial charge in [0.15, 0.2) is 0 Å². The van der Waals surface area contributed by atoms with Gasteiger partial charge in [0, 0.05) is 15.4 Å². The van der Waals surface area contributed by atoms with E-state index in [1.165, 1.54) is 18.2 Å². The van der Waals surface area contributed by atoms with Gasteiger partial charge in [-0.2, -0.15) is 0 Å². The van der Waals surface area contributed by atoms with E-state index >= 15 is 0 Å². The summed E-state index contributed by atoms with van der Waals surface area (Å²) in [6, 6.07) is 10.4. The highest BCUT2D eigenvalue weighted by Gasteiger charge is 2.21. The van der Waals surface area contributed by atoms with Gasteiger partial charge < -0.3 is 15.5 Å². The molecule has 0 unspecified atom stereocenters. The first-order chi connectivity index (χ1) is 11.0. The van der Waals surface area contributed by atoms with Gasteiger partial charge in [-0.3, -0.25) is 9.59 Å². The largest absolute Gasteiger partial charge is 0.449 e. The van der Waals surface area contributed by atoms with Crippen LogP contribution in [-0.4, -0.2) is 11.8 Å². The molecule has 3 aromatic rings. The molecule has 0 fully saturated rings. The Hall–Kier alpha value is -2.67. The molecule has 0 saturated carbocycles. The lowest BCUT2D eigenvalue weighted by molar-refractivity contribution is 0.0977. The fraction of sp³-hybridized carbons (Fsp3) is 0. The van der Waals surface area contributed by atoms with Gasteiger partial charge in [0.2, 0.25) is 5.76 Å². The SMILES string of the molecule is NC(=O)c1oc2ccc(F)cc2c1NC(=O)c1cccc(Br)c1. The highest BCUT2D eigenvalue weighted by atomic mass is 79.9. The predicted octanol–water partition coefficient (Wildman–Crippen LogP) is 3.69. The third kappa shape index (κ3) is 2.95. The Balaban J connectivity index is 2.07. The molecule has 116 valence electrons. The van der Waals surface area contributed by atoms with Crippen LogP contribution < -0.4 is 11.1 Å². The van der Waals surface area contributed by atoms with E-state index in [4.69, 9.17) is 10.2 Å². The molecule has 2 aromatic carbocycles. The summed E-state index contributed by atoms with van der Waals surface area (Å²) in [5.41, 5.74) is 5.94. The normalized spacial score (nSPS) is 10.7. The summed E-state index contributed by atoms with van der Waals surface area (Å²) in [5, 5.41) is 2.83. The number of nitrogens with two attached hydrogens (primary N) is 1. The van der Waals surface area contributed by atoms with Crippen molar-refractivity contribution >= 4 is 44.4 Å². The molecular weight excluding hydrogens is 367 g/mol. The Morgan fingerprint density at radius 2 is 1.96 bits per heavy atom. The number of hydrogen-bond acceptors (Lipinski definition) is 3. The van der Waals surface area contributed by atoms with E-state index < -0.39 is 17.6 Å². The lowest BCUT2D eigenvalue weighted by atomic mass is 10.1. The average molecular weight is 377 g/mol. The number of carbonyl (C=O) groups is 2. The predicted molar refractivity (Wildman–Crippen MR) is 86.8 cm³/mol. The molecule has 0 aliphatic carbocycles. The van der Waals surface area contributed by atoms with E-state index in [0.29, 0.717) is 5.56 Å². The van der Waals surface area contributed by atoms with Crippen molar-refractivity contribution in [2.24, 2.45) is 5.73 Å². The minimum absolute atomic E-state index is 0.0528. The van der Waals surface area contributed by atoms with Gasteiger partial charge in [-0.1, -0.05) is 22.0 Å². The second-order valence-corrected chi connectivity index (χ2v) is 5.69. The highest BCUT2D eigenvalue weighted by Crippen LogP contribution is 2.31. The van der Waals surface area contributed by atoms with Crippen molar-refractivity contribution in [1.29, 1.82) is 0 Å². The number of nitrogens with one attached hydrogen (secondary N) is 1. The molecule has 0 bridgehead atoms. The summed E-state index contributed by atoms with van der Waals surface area (Å²) < 4.78 is 19.5. The zero-order valence-electron chi connectivity index (χ0n) is 11.6. The maximum absolute atomic E-state index is 13.5. The van der Waals surface area contributed by atoms with Gasteiger partial charge in [0.25, 0.3) is 11.8 Å². The van der Waals surface area contributed by atoms with Crippen LogP contribution in [0.3, 0.4) is 0 Å². The van der Waals surface area contributed by atoms with Crippen molar-refractivity contribution in [2.75, 3.05) is 5.32 Å².